The van der Waals surface area contributed by atoms with Gasteiger partial charge in [-0.15, -0.1) is 0 Å². The molecular weight excluding hydrogens is 396 g/mol. The van der Waals surface area contributed by atoms with Gasteiger partial charge in [0, 0.05) is 18.3 Å². The molecule has 0 aromatic heterocycles. The lowest BCUT2D eigenvalue weighted by Gasteiger charge is -2.69. The molecule has 3 heteroatoms. The Bertz CT molecular complexity index is 868. The molecule has 0 amide bonds. The second-order valence-corrected chi connectivity index (χ2v) is 14.6. The van der Waals surface area contributed by atoms with E-state index in [1.54, 1.807) is 0 Å². The van der Waals surface area contributed by atoms with Crippen molar-refractivity contribution in [2.45, 2.75) is 118 Å². The summed E-state index contributed by atoms with van der Waals surface area (Å²) in [7, 11) is 0. The number of aliphatic hydroxyl groups is 2. The zero-order valence-corrected chi connectivity index (χ0v) is 21.6. The standard InChI is InChI=1S/C29H46O3/c1-25(2)15-18-17(21(31)16-25)8-12-28(6)19(18)14-20(30)24-27(5)11-10-23(32)26(3,4)22(27)9-13-29(24,28)7/h17,21-24,31-32H,8-16H2,1-7H3. The minimum Gasteiger partial charge on any atom is -0.393 e. The van der Waals surface area contributed by atoms with Gasteiger partial charge in [0.05, 0.1) is 12.2 Å². The average molecular weight is 443 g/mol. The van der Waals surface area contributed by atoms with E-state index in [0.717, 1.165) is 51.4 Å². The number of hydrogen-bond donors (Lipinski definition) is 2. The maximum Gasteiger partial charge on any atom is 0.141 e. The van der Waals surface area contributed by atoms with Crippen LogP contribution in [0.25, 0.3) is 0 Å². The summed E-state index contributed by atoms with van der Waals surface area (Å²) in [6.07, 6.45) is 8.09. The molecule has 0 heterocycles. The van der Waals surface area contributed by atoms with Crippen molar-refractivity contribution in [1.82, 2.24) is 0 Å². The zero-order chi connectivity index (χ0) is 23.5. The van der Waals surface area contributed by atoms with Crippen LogP contribution in [0.3, 0.4) is 0 Å². The molecule has 0 saturated heterocycles. The van der Waals surface area contributed by atoms with Crippen LogP contribution < -0.4 is 0 Å². The third kappa shape index (κ3) is 2.76. The summed E-state index contributed by atoms with van der Waals surface area (Å²) in [4.78, 5) is 14.1. The lowest BCUT2D eigenvalue weighted by Crippen LogP contribution is -2.66. The zero-order valence-electron chi connectivity index (χ0n) is 21.6. The van der Waals surface area contributed by atoms with Gasteiger partial charge in [-0.25, -0.2) is 0 Å². The van der Waals surface area contributed by atoms with Crippen LogP contribution in [0.1, 0.15) is 106 Å². The second kappa shape index (κ2) is 6.72. The number of rotatable bonds is 0. The van der Waals surface area contributed by atoms with E-state index in [1.807, 2.05) is 0 Å². The number of hydrogen-bond acceptors (Lipinski definition) is 3. The molecule has 180 valence electrons. The van der Waals surface area contributed by atoms with Gasteiger partial charge >= 0.3 is 0 Å². The fourth-order valence-electron chi connectivity index (χ4n) is 10.3. The van der Waals surface area contributed by atoms with Gasteiger partial charge in [0.25, 0.3) is 0 Å². The van der Waals surface area contributed by atoms with Crippen LogP contribution in [0.15, 0.2) is 11.1 Å². The quantitative estimate of drug-likeness (QED) is 0.447. The van der Waals surface area contributed by atoms with Crippen LogP contribution in [0, 0.1) is 44.8 Å². The molecule has 0 radical (unpaired) electrons. The molecule has 8 unspecified atom stereocenters. The van der Waals surface area contributed by atoms with Crippen LogP contribution in [0.4, 0.5) is 0 Å². The molecule has 5 aliphatic carbocycles. The molecule has 0 aromatic carbocycles. The van der Waals surface area contributed by atoms with Gasteiger partial charge < -0.3 is 10.2 Å². The molecular formula is C29H46O3. The Morgan fingerprint density at radius 2 is 1.56 bits per heavy atom. The maximum absolute atomic E-state index is 14.1. The predicted molar refractivity (Wildman–Crippen MR) is 128 cm³/mol. The number of ketones is 1. The van der Waals surface area contributed by atoms with E-state index < -0.39 is 0 Å². The molecule has 0 bridgehead atoms. The molecule has 5 rings (SSSR count). The fourth-order valence-corrected chi connectivity index (χ4v) is 10.3. The monoisotopic (exact) mass is 442 g/mol. The summed E-state index contributed by atoms with van der Waals surface area (Å²) in [5.41, 5.74) is 2.80. The lowest BCUT2D eigenvalue weighted by atomic mass is 9.34. The van der Waals surface area contributed by atoms with Crippen molar-refractivity contribution >= 4 is 5.78 Å². The van der Waals surface area contributed by atoms with E-state index in [4.69, 9.17) is 0 Å². The van der Waals surface area contributed by atoms with Crippen LogP contribution in [-0.4, -0.2) is 28.2 Å². The SMILES string of the molecule is CC1(C)CC2=C3CC(=O)C4C5(C)CCC(O)C(C)(C)C5CCC4(C)C3(C)CCC2C(O)C1. The van der Waals surface area contributed by atoms with Gasteiger partial charge in [0.1, 0.15) is 5.78 Å². The largest absolute Gasteiger partial charge is 0.393 e. The third-order valence-electron chi connectivity index (χ3n) is 12.0. The first-order valence-electron chi connectivity index (χ1n) is 13.3. The Hall–Kier alpha value is -0.670. The van der Waals surface area contributed by atoms with Gasteiger partial charge in [0.2, 0.25) is 0 Å². The Balaban J connectivity index is 1.63. The minimum absolute atomic E-state index is 0.0335. The van der Waals surface area contributed by atoms with Gasteiger partial charge in [0.15, 0.2) is 0 Å². The molecule has 4 saturated carbocycles. The number of Topliss-reactive ketones (excluding diaryl/α,β-unsaturated/α-hetero) is 1. The van der Waals surface area contributed by atoms with E-state index >= 15 is 0 Å². The number of aliphatic hydroxyl groups excluding tert-OH is 2. The maximum atomic E-state index is 14.1. The highest BCUT2D eigenvalue weighted by Crippen LogP contribution is 2.73. The van der Waals surface area contributed by atoms with Crippen molar-refractivity contribution in [2.24, 2.45) is 44.8 Å². The Morgan fingerprint density at radius 3 is 2.25 bits per heavy atom. The summed E-state index contributed by atoms with van der Waals surface area (Å²) in [5, 5.41) is 21.9. The van der Waals surface area contributed by atoms with E-state index in [-0.39, 0.29) is 51.1 Å². The van der Waals surface area contributed by atoms with E-state index in [0.29, 0.717) is 18.1 Å². The van der Waals surface area contributed by atoms with Gasteiger partial charge in [-0.2, -0.15) is 0 Å². The Labute approximate surface area is 195 Å². The van der Waals surface area contributed by atoms with Gasteiger partial charge in [-0.05, 0) is 84.4 Å². The van der Waals surface area contributed by atoms with Crippen molar-refractivity contribution in [3.8, 4) is 0 Å². The molecule has 2 N–H and O–H groups in total. The molecule has 0 aromatic rings. The van der Waals surface area contributed by atoms with Crippen molar-refractivity contribution in [3.05, 3.63) is 11.1 Å². The first-order chi connectivity index (χ1) is 14.7. The summed E-state index contributed by atoms with van der Waals surface area (Å²) in [6, 6.07) is 0. The Kier molecular flexibility index (Phi) is 4.85. The molecule has 8 atom stereocenters. The number of carbonyl (C=O) groups is 1. The number of fused-ring (bicyclic) bond motifs is 6. The van der Waals surface area contributed by atoms with E-state index in [2.05, 4.69) is 48.5 Å². The normalized spacial score (nSPS) is 51.9. The smallest absolute Gasteiger partial charge is 0.141 e. The highest BCUT2D eigenvalue weighted by Gasteiger charge is 2.69. The average Bonchev–Trinajstić information content (AvgIpc) is 2.65. The highest BCUT2D eigenvalue weighted by atomic mass is 16.3. The van der Waals surface area contributed by atoms with Gasteiger partial charge in [-0.3, -0.25) is 4.79 Å². The predicted octanol–water partition coefficient (Wildman–Crippen LogP) is 6.07. The molecule has 0 aliphatic heterocycles. The first-order valence-corrected chi connectivity index (χ1v) is 13.3. The molecule has 3 nitrogen and oxygen atoms in total. The molecule has 32 heavy (non-hydrogen) atoms. The highest BCUT2D eigenvalue weighted by molar-refractivity contribution is 5.87. The summed E-state index contributed by atoms with van der Waals surface area (Å²) in [6.45, 7) is 16.4. The van der Waals surface area contributed by atoms with Crippen LogP contribution in [-0.2, 0) is 4.79 Å². The first kappa shape index (κ1) is 23.1. The third-order valence-corrected chi connectivity index (χ3v) is 12.0. The second-order valence-electron chi connectivity index (χ2n) is 14.6. The summed E-state index contributed by atoms with van der Waals surface area (Å²) >= 11 is 0. The van der Waals surface area contributed by atoms with Crippen LogP contribution in [0.5, 0.6) is 0 Å². The molecule has 4 fully saturated rings. The van der Waals surface area contributed by atoms with E-state index in [9.17, 15) is 15.0 Å². The van der Waals surface area contributed by atoms with Gasteiger partial charge in [-0.1, -0.05) is 59.6 Å². The molecule has 5 aliphatic rings. The van der Waals surface area contributed by atoms with Crippen LogP contribution in [0.2, 0.25) is 0 Å². The fraction of sp³-hybridized carbons (Fsp3) is 0.897. The van der Waals surface area contributed by atoms with Crippen molar-refractivity contribution in [3.63, 3.8) is 0 Å². The van der Waals surface area contributed by atoms with Crippen molar-refractivity contribution in [2.75, 3.05) is 0 Å². The summed E-state index contributed by atoms with van der Waals surface area (Å²) < 4.78 is 0. The number of allylic oxidation sites excluding steroid dienone is 1. The van der Waals surface area contributed by atoms with Crippen LogP contribution >= 0.6 is 0 Å². The van der Waals surface area contributed by atoms with Crippen molar-refractivity contribution in [1.29, 1.82) is 0 Å². The summed E-state index contributed by atoms with van der Waals surface area (Å²) in [5.74, 6) is 1.18. The molecule has 0 spiro atoms. The lowest BCUT2D eigenvalue weighted by molar-refractivity contribution is -0.203. The minimum atomic E-state index is -0.265. The topological polar surface area (TPSA) is 57.5 Å². The van der Waals surface area contributed by atoms with Crippen molar-refractivity contribution < 1.29 is 15.0 Å². The number of carbonyl (C=O) groups excluding carboxylic acids is 1. The van der Waals surface area contributed by atoms with E-state index in [1.165, 1.54) is 11.1 Å². The Morgan fingerprint density at radius 1 is 0.875 bits per heavy atom.